The van der Waals surface area contributed by atoms with Gasteiger partial charge in [-0.1, -0.05) is 23.7 Å². The molecule has 0 saturated heterocycles. The molecule has 0 heterocycles. The fourth-order valence-corrected chi connectivity index (χ4v) is 2.64. The Balaban J connectivity index is 2.12. The molecule has 0 saturated carbocycles. The lowest BCUT2D eigenvalue weighted by Crippen LogP contribution is -2.00. The highest BCUT2D eigenvalue weighted by molar-refractivity contribution is 7.98. The second-order valence-electron chi connectivity index (χ2n) is 3.87. The van der Waals surface area contributed by atoms with Gasteiger partial charge in [-0.25, -0.2) is 9.18 Å². The van der Waals surface area contributed by atoms with Crippen molar-refractivity contribution in [1.29, 1.82) is 0 Å². The van der Waals surface area contributed by atoms with Crippen LogP contribution in [0.3, 0.4) is 0 Å². The Hall–Kier alpha value is -1.52. The molecule has 0 unspecified atom stereocenters. The molecule has 2 aromatic rings. The normalized spacial score (nSPS) is 10.4. The summed E-state index contributed by atoms with van der Waals surface area (Å²) in [5.41, 5.74) is 0.717. The average Bonchev–Trinajstić information content (AvgIpc) is 2.37. The summed E-state index contributed by atoms with van der Waals surface area (Å²) < 4.78 is 13.2. The van der Waals surface area contributed by atoms with Gasteiger partial charge in [-0.05, 0) is 35.9 Å². The van der Waals surface area contributed by atoms with Crippen molar-refractivity contribution in [2.24, 2.45) is 0 Å². The highest BCUT2D eigenvalue weighted by atomic mass is 35.5. The van der Waals surface area contributed by atoms with Crippen molar-refractivity contribution in [2.75, 3.05) is 0 Å². The highest BCUT2D eigenvalue weighted by Gasteiger charge is 2.10. The predicted octanol–water partition coefficient (Wildman–Crippen LogP) is 4.47. The molecule has 0 fully saturated rings. The maximum Gasteiger partial charge on any atom is 0.338 e. The zero-order valence-electron chi connectivity index (χ0n) is 9.77. The number of halogens is 2. The zero-order valence-corrected chi connectivity index (χ0v) is 11.3. The molecule has 2 aromatic carbocycles. The van der Waals surface area contributed by atoms with Gasteiger partial charge in [-0.3, -0.25) is 0 Å². The maximum absolute atomic E-state index is 13.2. The van der Waals surface area contributed by atoms with E-state index in [-0.39, 0.29) is 5.56 Å². The smallest absolute Gasteiger partial charge is 0.338 e. The van der Waals surface area contributed by atoms with Gasteiger partial charge in [0.25, 0.3) is 0 Å². The van der Waals surface area contributed by atoms with Crippen molar-refractivity contribution in [3.63, 3.8) is 0 Å². The van der Waals surface area contributed by atoms with Crippen LogP contribution in [0.1, 0.15) is 15.9 Å². The van der Waals surface area contributed by atoms with Crippen molar-refractivity contribution in [1.82, 2.24) is 0 Å². The summed E-state index contributed by atoms with van der Waals surface area (Å²) in [6.07, 6.45) is 0. The summed E-state index contributed by atoms with van der Waals surface area (Å²) in [4.78, 5) is 11.5. The first-order valence-corrected chi connectivity index (χ1v) is 6.83. The zero-order chi connectivity index (χ0) is 13.8. The summed E-state index contributed by atoms with van der Waals surface area (Å²) in [5.74, 6) is -1.34. The number of hydrogen-bond acceptors (Lipinski definition) is 2. The first-order valence-electron chi connectivity index (χ1n) is 5.46. The highest BCUT2D eigenvalue weighted by Crippen LogP contribution is 2.25. The van der Waals surface area contributed by atoms with Gasteiger partial charge in [0.2, 0.25) is 0 Å². The van der Waals surface area contributed by atoms with Gasteiger partial charge in [-0.2, -0.15) is 0 Å². The van der Waals surface area contributed by atoms with Crippen LogP contribution in [0, 0.1) is 5.82 Å². The van der Waals surface area contributed by atoms with Crippen molar-refractivity contribution in [2.45, 2.75) is 10.6 Å². The summed E-state index contributed by atoms with van der Waals surface area (Å²) in [6, 6.07) is 11.5. The third-order valence-corrected chi connectivity index (χ3v) is 3.76. The molecule has 0 aliphatic rings. The minimum Gasteiger partial charge on any atom is -0.478 e. The van der Waals surface area contributed by atoms with Crippen molar-refractivity contribution < 1.29 is 14.3 Å². The van der Waals surface area contributed by atoms with E-state index in [9.17, 15) is 9.18 Å². The Morgan fingerprint density at radius 2 is 2.05 bits per heavy atom. The monoisotopic (exact) mass is 296 g/mol. The lowest BCUT2D eigenvalue weighted by Gasteiger charge is -2.04. The van der Waals surface area contributed by atoms with Crippen molar-refractivity contribution >= 4 is 29.3 Å². The van der Waals surface area contributed by atoms with Crippen LogP contribution in [-0.4, -0.2) is 11.1 Å². The van der Waals surface area contributed by atoms with Crippen LogP contribution >= 0.6 is 23.4 Å². The number of benzene rings is 2. The number of hydrogen-bond donors (Lipinski definition) is 1. The van der Waals surface area contributed by atoms with E-state index >= 15 is 0 Å². The Kier molecular flexibility index (Phi) is 4.45. The van der Waals surface area contributed by atoms with Crippen molar-refractivity contribution in [3.05, 3.63) is 64.4 Å². The summed E-state index contributed by atoms with van der Waals surface area (Å²) in [6.45, 7) is 0. The minimum absolute atomic E-state index is 0.309. The van der Waals surface area contributed by atoms with Crippen LogP contribution in [0.5, 0.6) is 0 Å². The van der Waals surface area contributed by atoms with Crippen LogP contribution in [0.2, 0.25) is 5.02 Å². The topological polar surface area (TPSA) is 37.3 Å². The van der Waals surface area contributed by atoms with Crippen LogP contribution in [-0.2, 0) is 5.75 Å². The van der Waals surface area contributed by atoms with E-state index in [2.05, 4.69) is 0 Å². The molecule has 0 spiro atoms. The SMILES string of the molecule is O=C(O)c1cc(SCc2cccc(Cl)c2)ccc1F. The Morgan fingerprint density at radius 1 is 1.26 bits per heavy atom. The second-order valence-corrected chi connectivity index (χ2v) is 5.35. The van der Waals surface area contributed by atoms with E-state index < -0.39 is 11.8 Å². The number of aromatic carboxylic acids is 1. The van der Waals surface area contributed by atoms with Gasteiger partial charge < -0.3 is 5.11 Å². The van der Waals surface area contributed by atoms with Crippen LogP contribution < -0.4 is 0 Å². The Bertz CT molecular complexity index is 616. The molecule has 2 nitrogen and oxygen atoms in total. The molecule has 19 heavy (non-hydrogen) atoms. The van der Waals surface area contributed by atoms with Crippen LogP contribution in [0.15, 0.2) is 47.4 Å². The molecule has 2 rings (SSSR count). The molecule has 0 bridgehead atoms. The molecular weight excluding hydrogens is 287 g/mol. The third-order valence-electron chi connectivity index (χ3n) is 2.46. The fraction of sp³-hybridized carbons (Fsp3) is 0.0714. The first-order chi connectivity index (χ1) is 9.06. The van der Waals surface area contributed by atoms with Crippen LogP contribution in [0.4, 0.5) is 4.39 Å². The number of rotatable bonds is 4. The van der Waals surface area contributed by atoms with Crippen LogP contribution in [0.25, 0.3) is 0 Å². The molecule has 0 amide bonds. The first kappa shape index (κ1) is 13.9. The Labute approximate surface area is 119 Å². The lowest BCUT2D eigenvalue weighted by atomic mass is 10.2. The van der Waals surface area contributed by atoms with E-state index in [0.717, 1.165) is 5.56 Å². The summed E-state index contributed by atoms with van der Waals surface area (Å²) in [7, 11) is 0. The fourth-order valence-electron chi connectivity index (χ4n) is 1.55. The van der Waals surface area contributed by atoms with Gasteiger partial charge >= 0.3 is 5.97 Å². The number of carboxylic acids is 1. The molecule has 5 heteroatoms. The molecule has 0 aliphatic carbocycles. The van der Waals surface area contributed by atoms with Crippen molar-refractivity contribution in [3.8, 4) is 0 Å². The molecule has 0 radical (unpaired) electrons. The lowest BCUT2D eigenvalue weighted by molar-refractivity contribution is 0.0691. The van der Waals surface area contributed by atoms with Gasteiger partial charge in [-0.15, -0.1) is 11.8 Å². The van der Waals surface area contributed by atoms with Gasteiger partial charge in [0.15, 0.2) is 0 Å². The van der Waals surface area contributed by atoms with E-state index in [1.54, 1.807) is 12.1 Å². The standard InChI is InChI=1S/C14H10ClFO2S/c15-10-3-1-2-9(6-10)8-19-11-4-5-13(16)12(7-11)14(17)18/h1-7H,8H2,(H,17,18). The summed E-state index contributed by atoms with van der Waals surface area (Å²) >= 11 is 7.31. The predicted molar refractivity (Wildman–Crippen MR) is 74.4 cm³/mol. The second kappa shape index (κ2) is 6.08. The van der Waals surface area contributed by atoms with Gasteiger partial charge in [0, 0.05) is 15.7 Å². The molecule has 98 valence electrons. The largest absolute Gasteiger partial charge is 0.478 e. The molecule has 0 atom stereocenters. The summed E-state index contributed by atoms with van der Waals surface area (Å²) in [5, 5.41) is 9.50. The van der Waals surface area contributed by atoms with E-state index in [4.69, 9.17) is 16.7 Å². The molecule has 1 N–H and O–H groups in total. The molecule has 0 aromatic heterocycles. The maximum atomic E-state index is 13.2. The van der Waals surface area contributed by atoms with Gasteiger partial charge in [0.05, 0.1) is 5.56 Å². The third kappa shape index (κ3) is 3.72. The average molecular weight is 297 g/mol. The number of carboxylic acid groups (broad SMARTS) is 1. The number of carbonyl (C=O) groups is 1. The molecular formula is C14H10ClFO2S. The van der Waals surface area contributed by atoms with E-state index in [1.807, 2.05) is 18.2 Å². The van der Waals surface area contributed by atoms with Gasteiger partial charge in [0.1, 0.15) is 5.82 Å². The quantitative estimate of drug-likeness (QED) is 0.846. The Morgan fingerprint density at radius 3 is 2.74 bits per heavy atom. The van der Waals surface area contributed by atoms with E-state index in [1.165, 1.54) is 23.9 Å². The number of thioether (sulfide) groups is 1. The van der Waals surface area contributed by atoms with E-state index in [0.29, 0.717) is 15.7 Å². The minimum atomic E-state index is -1.26. The molecule has 0 aliphatic heterocycles.